The van der Waals surface area contributed by atoms with Gasteiger partial charge in [-0.25, -0.2) is 13.2 Å². The van der Waals surface area contributed by atoms with Crippen molar-refractivity contribution >= 4 is 62.3 Å². The summed E-state index contributed by atoms with van der Waals surface area (Å²) in [6.45, 7) is 0. The van der Waals surface area contributed by atoms with Crippen LogP contribution in [-0.2, 0) is 52.2 Å². The molecule has 0 aliphatic rings. The Morgan fingerprint density at radius 1 is 0.723 bits per heavy atom. The van der Waals surface area contributed by atoms with Gasteiger partial charge in [0.1, 0.15) is 21.6 Å². The van der Waals surface area contributed by atoms with Crippen LogP contribution in [0.3, 0.4) is 0 Å². The van der Waals surface area contributed by atoms with E-state index in [1.54, 1.807) is 54.6 Å². The standard InChI is InChI=1S/C27H24N6O9S2.2Na.Y/c1-39-25-15-19(32-30-17-5-3-7-21(13-17)43-42-41-35)9-11-23(25)28-27(34)29-24-12-10-20(16-26(24)40-2)33-31-18-6-4-8-22(14-18)44(36,37)38;;;/h3-16,35H,1-2H3,(H2,28,29,34)(H,36,37,38);;;/q;2*+1;/p-2. The Bertz CT molecular complexity index is 1820. The summed E-state index contributed by atoms with van der Waals surface area (Å²) in [5.74, 6) is 0.586. The van der Waals surface area contributed by atoms with Gasteiger partial charge < -0.3 is 29.9 Å². The average molecular weight is 774 g/mol. The van der Waals surface area contributed by atoms with Crippen LogP contribution in [0, 0.1) is 0 Å². The number of carbonyl (C=O) groups is 1. The maximum atomic E-state index is 12.8. The SMILES string of the molecule is COc1cc(N=Nc2cccc(SOO[O-])c2)ccc1NC(=O)Nc1ccc(N=Nc2cccc(S(=O)(=O)[O-])c2)cc1OC.[Na+].[Na+].[Y]. The van der Waals surface area contributed by atoms with Crippen molar-refractivity contribution in [1.82, 2.24) is 0 Å². The van der Waals surface area contributed by atoms with Gasteiger partial charge in [0, 0.05) is 49.7 Å². The number of hydrogen-bond acceptors (Lipinski definition) is 14. The molecule has 0 spiro atoms. The summed E-state index contributed by atoms with van der Waals surface area (Å²) in [6.07, 6.45) is 0. The van der Waals surface area contributed by atoms with Crippen LogP contribution in [0.25, 0.3) is 0 Å². The van der Waals surface area contributed by atoms with Gasteiger partial charge in [0.2, 0.25) is 0 Å². The van der Waals surface area contributed by atoms with Crippen LogP contribution in [0.2, 0.25) is 0 Å². The van der Waals surface area contributed by atoms with Crippen LogP contribution in [0.5, 0.6) is 11.5 Å². The minimum atomic E-state index is -4.63. The monoisotopic (exact) mass is 773 g/mol. The van der Waals surface area contributed by atoms with Gasteiger partial charge in [-0.3, -0.25) is 5.04 Å². The summed E-state index contributed by atoms with van der Waals surface area (Å²) in [6, 6.07) is 20.7. The fourth-order valence-corrected chi connectivity index (χ4v) is 4.47. The molecule has 0 aliphatic carbocycles. The van der Waals surface area contributed by atoms with Gasteiger partial charge in [-0.15, -0.1) is 0 Å². The van der Waals surface area contributed by atoms with E-state index >= 15 is 0 Å². The van der Waals surface area contributed by atoms with E-state index in [9.17, 15) is 23.0 Å². The number of methoxy groups -OCH3 is 2. The average Bonchev–Trinajstić information content (AvgIpc) is 3.02. The summed E-state index contributed by atoms with van der Waals surface area (Å²) >= 11 is 0.731. The first-order chi connectivity index (χ1) is 21.2. The third-order valence-corrected chi connectivity index (χ3v) is 6.91. The smallest absolute Gasteiger partial charge is 0.744 e. The van der Waals surface area contributed by atoms with E-state index < -0.39 is 21.0 Å². The fraction of sp³-hybridized carbons (Fsp3) is 0.0741. The number of azo groups is 2. The van der Waals surface area contributed by atoms with Crippen LogP contribution < -0.4 is 84.5 Å². The number of nitrogens with one attached hydrogen (secondary N) is 2. The second-order valence-electron chi connectivity index (χ2n) is 8.42. The first-order valence-corrected chi connectivity index (χ1v) is 14.4. The van der Waals surface area contributed by atoms with Gasteiger partial charge in [0.15, 0.2) is 0 Å². The summed E-state index contributed by atoms with van der Waals surface area (Å²) in [4.78, 5) is 13.0. The Morgan fingerprint density at radius 2 is 1.19 bits per heavy atom. The number of benzene rings is 4. The quantitative estimate of drug-likeness (QED) is 0.0504. The molecule has 0 saturated carbocycles. The Balaban J connectivity index is 0.00000368. The third-order valence-electron chi connectivity index (χ3n) is 5.51. The predicted octanol–water partition coefficient (Wildman–Crippen LogP) is 0.319. The van der Waals surface area contributed by atoms with Crippen molar-refractivity contribution in [3.05, 3.63) is 84.9 Å². The number of hydrogen-bond donors (Lipinski definition) is 2. The molecule has 47 heavy (non-hydrogen) atoms. The van der Waals surface area contributed by atoms with E-state index in [1.165, 1.54) is 38.5 Å². The molecule has 0 unspecified atom stereocenters. The summed E-state index contributed by atoms with van der Waals surface area (Å²) in [5.41, 5.74) is 2.11. The maximum Gasteiger partial charge on any atom is 1.00 e. The molecule has 0 saturated heterocycles. The Hall–Kier alpha value is -1.81. The van der Waals surface area contributed by atoms with Crippen molar-refractivity contribution in [2.45, 2.75) is 9.79 Å². The van der Waals surface area contributed by atoms with E-state index in [4.69, 9.17) is 9.47 Å². The number of carbonyl (C=O) groups excluding carboxylic acids is 1. The number of nitrogens with zero attached hydrogens (tertiary/aromatic N) is 4. The zero-order valence-electron chi connectivity index (χ0n) is 25.4. The van der Waals surface area contributed by atoms with Crippen molar-refractivity contribution in [3.8, 4) is 11.5 Å². The molecule has 0 heterocycles. The van der Waals surface area contributed by atoms with E-state index in [-0.39, 0.29) is 103 Å². The Morgan fingerprint density at radius 3 is 1.66 bits per heavy atom. The molecule has 231 valence electrons. The second kappa shape index (κ2) is 21.3. The molecule has 2 amide bonds. The number of anilines is 2. The van der Waals surface area contributed by atoms with Gasteiger partial charge in [-0.2, -0.15) is 24.8 Å². The van der Waals surface area contributed by atoms with Gasteiger partial charge in [0.05, 0.1) is 65.3 Å². The molecule has 15 nitrogen and oxygen atoms in total. The minimum Gasteiger partial charge on any atom is -0.744 e. The molecule has 0 bridgehead atoms. The molecule has 4 aromatic carbocycles. The fourth-order valence-electron chi connectivity index (χ4n) is 3.55. The molecule has 20 heteroatoms. The van der Waals surface area contributed by atoms with Gasteiger partial charge >= 0.3 is 65.1 Å². The van der Waals surface area contributed by atoms with Crippen molar-refractivity contribution in [1.29, 1.82) is 0 Å². The number of rotatable bonds is 12. The van der Waals surface area contributed by atoms with Crippen molar-refractivity contribution in [2.75, 3.05) is 24.9 Å². The third kappa shape index (κ3) is 13.6. The van der Waals surface area contributed by atoms with E-state index in [1.807, 2.05) is 0 Å². The summed E-state index contributed by atoms with van der Waals surface area (Å²) < 4.78 is 48.8. The molecule has 0 aliphatic heterocycles. The molecule has 4 rings (SSSR count). The molecule has 0 aromatic heterocycles. The summed E-state index contributed by atoms with van der Waals surface area (Å²) in [7, 11) is -1.79. The van der Waals surface area contributed by atoms with Crippen molar-refractivity contribution in [3.63, 3.8) is 0 Å². The first-order valence-electron chi connectivity index (χ1n) is 12.3. The molecular formula is C27H22N6Na2O9S2Y. The molecule has 1 radical (unpaired) electrons. The normalized spacial score (nSPS) is 10.8. The second-order valence-corrected chi connectivity index (χ2v) is 10.6. The van der Waals surface area contributed by atoms with Crippen molar-refractivity contribution < 1.29 is 134 Å². The van der Waals surface area contributed by atoms with Crippen LogP contribution >= 0.6 is 12.0 Å². The molecule has 4 aromatic rings. The predicted molar refractivity (Wildman–Crippen MR) is 156 cm³/mol. The van der Waals surface area contributed by atoms with E-state index in [2.05, 4.69) is 40.5 Å². The number of urea groups is 1. The van der Waals surface area contributed by atoms with E-state index in [0.29, 0.717) is 39.1 Å². The topological polar surface area (TPSA) is 208 Å². The minimum absolute atomic E-state index is 0. The maximum absolute atomic E-state index is 12.8. The zero-order valence-corrected chi connectivity index (χ0v) is 33.9. The van der Waals surface area contributed by atoms with Crippen LogP contribution in [-0.4, -0.2) is 33.2 Å². The first kappa shape index (κ1) is 43.2. The summed E-state index contributed by atoms with van der Waals surface area (Å²) in [5, 5.41) is 35.1. The zero-order chi connectivity index (χ0) is 31.5. The van der Waals surface area contributed by atoms with E-state index in [0.717, 1.165) is 18.1 Å². The Kier molecular flexibility index (Phi) is 19.6. The largest absolute Gasteiger partial charge is 1.00 e. The van der Waals surface area contributed by atoms with Crippen LogP contribution in [0.1, 0.15) is 0 Å². The molecule has 0 fully saturated rings. The van der Waals surface area contributed by atoms with Crippen molar-refractivity contribution in [2.24, 2.45) is 20.5 Å². The Labute approximate surface area is 343 Å². The number of amides is 2. The molecule has 2 N–H and O–H groups in total. The van der Waals surface area contributed by atoms with Crippen LogP contribution in [0.15, 0.2) is 115 Å². The molecule has 0 atom stereocenters. The van der Waals surface area contributed by atoms with Gasteiger partial charge in [-0.1, -0.05) is 12.1 Å². The van der Waals surface area contributed by atoms with Crippen LogP contribution in [0.4, 0.5) is 38.9 Å². The van der Waals surface area contributed by atoms with Gasteiger partial charge in [-0.05, 0) is 60.7 Å². The molecular weight excluding hydrogens is 751 g/mol. The number of ether oxygens (including phenoxy) is 2. The van der Waals surface area contributed by atoms with Gasteiger partial charge in [0.25, 0.3) is 0 Å².